The van der Waals surface area contributed by atoms with Crippen LogP contribution in [0.15, 0.2) is 0 Å². The molecule has 1 unspecified atom stereocenters. The Morgan fingerprint density at radius 2 is 1.61 bits per heavy atom. The van der Waals surface area contributed by atoms with E-state index < -0.39 is 16.4 Å². The fourth-order valence-electron chi connectivity index (χ4n) is 1.86. The summed E-state index contributed by atoms with van der Waals surface area (Å²) in [7, 11) is -3.03. The average Bonchev–Trinajstić information content (AvgIpc) is 2.33. The van der Waals surface area contributed by atoms with Crippen LogP contribution >= 0.6 is 0 Å². The molecule has 0 bridgehead atoms. The summed E-state index contributed by atoms with van der Waals surface area (Å²) >= 11 is 0. The summed E-state index contributed by atoms with van der Waals surface area (Å²) in [6, 6.07) is 3.23. The molecular weight excluding hydrogens is 256 g/mol. The summed E-state index contributed by atoms with van der Waals surface area (Å²) in [6.45, 7) is 13.2. The second kappa shape index (κ2) is 7.93. The molecule has 0 aromatic rings. The van der Waals surface area contributed by atoms with E-state index in [0.717, 1.165) is 24.4 Å². The van der Waals surface area contributed by atoms with Crippen molar-refractivity contribution in [2.45, 2.75) is 71.1 Å². The monoisotopic (exact) mass is 284 g/mol. The number of carbonyl (C=O) groups is 1. The van der Waals surface area contributed by atoms with Gasteiger partial charge in [-0.2, -0.15) is 0 Å². The second-order valence-electron chi connectivity index (χ2n) is 5.79. The Balaban J connectivity index is 4.60. The van der Waals surface area contributed by atoms with E-state index in [9.17, 15) is 4.79 Å². The number of aldehydes is 1. The molecule has 1 atom stereocenters. The highest BCUT2D eigenvalue weighted by Gasteiger charge is 2.31. The Kier molecular flexibility index (Phi) is 7.76. The predicted molar refractivity (Wildman–Crippen MR) is 83.9 cm³/mol. The molecule has 0 saturated carbocycles. The molecule has 0 aromatic heterocycles. The molecule has 2 nitrogen and oxygen atoms in total. The van der Waals surface area contributed by atoms with E-state index in [4.69, 9.17) is 4.43 Å². The van der Waals surface area contributed by atoms with Gasteiger partial charge in [-0.25, -0.2) is 0 Å². The average molecular weight is 285 g/mol. The van der Waals surface area contributed by atoms with Gasteiger partial charge in [0.2, 0.25) is 0 Å². The van der Waals surface area contributed by atoms with Crippen molar-refractivity contribution in [1.82, 2.24) is 0 Å². The van der Waals surface area contributed by atoms with Crippen LogP contribution in [-0.2, 0) is 9.22 Å². The first kappa shape index (κ1) is 17.6. The standard InChI is InChI=1S/C14H28O2Si2/c1-7-18(8-2,9-3)16-14(13-15)11-10-12-17(4,5)6/h13-14H,7-9,11H2,1-6H3. The molecule has 0 aliphatic rings. The summed E-state index contributed by atoms with van der Waals surface area (Å²) in [5.74, 6) is 3.15. The molecule has 0 aromatic carbocycles. The lowest BCUT2D eigenvalue weighted by molar-refractivity contribution is -0.113. The lowest BCUT2D eigenvalue weighted by atomic mass is 10.3. The molecular formula is C14H28O2Si2. The third-order valence-corrected chi connectivity index (χ3v) is 8.85. The minimum atomic E-state index is -1.69. The van der Waals surface area contributed by atoms with Crippen LogP contribution < -0.4 is 0 Å². The number of hydrogen-bond acceptors (Lipinski definition) is 2. The van der Waals surface area contributed by atoms with Crippen molar-refractivity contribution < 1.29 is 9.22 Å². The fraction of sp³-hybridized carbons (Fsp3) is 0.786. The van der Waals surface area contributed by atoms with E-state index in [1.165, 1.54) is 0 Å². The SMILES string of the molecule is CC[Si](CC)(CC)OC(C=O)CC#C[Si](C)(C)C. The van der Waals surface area contributed by atoms with Gasteiger partial charge in [0.25, 0.3) is 0 Å². The topological polar surface area (TPSA) is 26.3 Å². The molecule has 0 heterocycles. The van der Waals surface area contributed by atoms with E-state index in [1.807, 2.05) is 0 Å². The number of hydrogen-bond donors (Lipinski definition) is 0. The number of rotatable bonds is 7. The minimum absolute atomic E-state index is 0.319. The van der Waals surface area contributed by atoms with Gasteiger partial charge in [0.1, 0.15) is 20.5 Å². The normalized spacial score (nSPS) is 13.7. The van der Waals surface area contributed by atoms with Gasteiger partial charge in [0.05, 0.1) is 0 Å². The molecule has 0 saturated heterocycles. The molecule has 0 fully saturated rings. The van der Waals surface area contributed by atoms with Gasteiger partial charge in [-0.05, 0) is 18.1 Å². The predicted octanol–water partition coefficient (Wildman–Crippen LogP) is 3.85. The maximum Gasteiger partial charge on any atom is 0.193 e. The van der Waals surface area contributed by atoms with Crippen LogP contribution in [0, 0.1) is 11.5 Å². The summed E-state index contributed by atoms with van der Waals surface area (Å²) in [5, 5.41) is 0. The summed E-state index contributed by atoms with van der Waals surface area (Å²) < 4.78 is 6.13. The molecule has 4 heteroatoms. The highest BCUT2D eigenvalue weighted by atomic mass is 28.4. The largest absolute Gasteiger partial charge is 0.406 e. The van der Waals surface area contributed by atoms with Crippen LogP contribution in [0.4, 0.5) is 0 Å². The van der Waals surface area contributed by atoms with Crippen molar-refractivity contribution >= 4 is 22.7 Å². The third kappa shape index (κ3) is 6.53. The van der Waals surface area contributed by atoms with E-state index in [1.54, 1.807) is 0 Å². The first-order chi connectivity index (χ1) is 8.32. The Bertz CT molecular complexity index is 298. The molecule has 0 aliphatic carbocycles. The summed E-state index contributed by atoms with van der Waals surface area (Å²) in [6.07, 6.45) is 1.17. The zero-order chi connectivity index (χ0) is 14.2. The first-order valence-corrected chi connectivity index (χ1v) is 13.0. The molecule has 0 aliphatic heterocycles. The van der Waals surface area contributed by atoms with Gasteiger partial charge >= 0.3 is 0 Å². The molecule has 18 heavy (non-hydrogen) atoms. The van der Waals surface area contributed by atoms with Crippen LogP contribution in [0.1, 0.15) is 27.2 Å². The molecule has 104 valence electrons. The molecule has 0 N–H and O–H groups in total. The van der Waals surface area contributed by atoms with Crippen LogP contribution in [0.25, 0.3) is 0 Å². The maximum atomic E-state index is 11.1. The van der Waals surface area contributed by atoms with Crippen molar-refractivity contribution in [3.8, 4) is 11.5 Å². The van der Waals surface area contributed by atoms with Crippen molar-refractivity contribution in [3.05, 3.63) is 0 Å². The van der Waals surface area contributed by atoms with Crippen molar-refractivity contribution in [2.24, 2.45) is 0 Å². The van der Waals surface area contributed by atoms with Crippen molar-refractivity contribution in [3.63, 3.8) is 0 Å². The van der Waals surface area contributed by atoms with Crippen LogP contribution in [0.5, 0.6) is 0 Å². The highest BCUT2D eigenvalue weighted by Crippen LogP contribution is 2.23. The Morgan fingerprint density at radius 3 is 1.94 bits per heavy atom. The van der Waals surface area contributed by atoms with Gasteiger partial charge in [-0.1, -0.05) is 40.4 Å². The zero-order valence-corrected chi connectivity index (χ0v) is 14.8. The number of carbonyl (C=O) groups excluding carboxylic acids is 1. The van der Waals surface area contributed by atoms with Crippen LogP contribution in [0.3, 0.4) is 0 Å². The van der Waals surface area contributed by atoms with E-state index in [-0.39, 0.29) is 6.10 Å². The second-order valence-corrected chi connectivity index (χ2v) is 15.3. The van der Waals surface area contributed by atoms with Gasteiger partial charge in [-0.3, -0.25) is 0 Å². The molecule has 0 amide bonds. The van der Waals surface area contributed by atoms with E-state index in [0.29, 0.717) is 6.42 Å². The van der Waals surface area contributed by atoms with Crippen LogP contribution in [-0.4, -0.2) is 28.8 Å². The van der Waals surface area contributed by atoms with Gasteiger partial charge in [0.15, 0.2) is 8.32 Å². The summed E-state index contributed by atoms with van der Waals surface area (Å²) in [4.78, 5) is 11.1. The Labute approximate surface area is 115 Å². The summed E-state index contributed by atoms with van der Waals surface area (Å²) in [5.41, 5.74) is 3.29. The molecule has 0 rings (SSSR count). The highest BCUT2D eigenvalue weighted by molar-refractivity contribution is 6.83. The smallest absolute Gasteiger partial charge is 0.193 e. The van der Waals surface area contributed by atoms with Gasteiger partial charge < -0.3 is 9.22 Å². The minimum Gasteiger partial charge on any atom is -0.406 e. The third-order valence-electron chi connectivity index (χ3n) is 3.25. The maximum absolute atomic E-state index is 11.1. The van der Waals surface area contributed by atoms with Crippen molar-refractivity contribution in [2.75, 3.05) is 0 Å². The van der Waals surface area contributed by atoms with E-state index >= 15 is 0 Å². The molecule has 0 spiro atoms. The Morgan fingerprint density at radius 1 is 1.11 bits per heavy atom. The van der Waals surface area contributed by atoms with Gasteiger partial charge in [-0.15, -0.1) is 11.5 Å². The van der Waals surface area contributed by atoms with Crippen LogP contribution in [0.2, 0.25) is 37.8 Å². The van der Waals surface area contributed by atoms with Crippen molar-refractivity contribution in [1.29, 1.82) is 0 Å². The van der Waals surface area contributed by atoms with E-state index in [2.05, 4.69) is 51.9 Å². The lowest BCUT2D eigenvalue weighted by Crippen LogP contribution is -2.40. The zero-order valence-electron chi connectivity index (χ0n) is 12.8. The fourth-order valence-corrected chi connectivity index (χ4v) is 5.27. The van der Waals surface area contributed by atoms with Gasteiger partial charge in [0, 0.05) is 6.42 Å². The first-order valence-electron chi connectivity index (χ1n) is 6.95. The lowest BCUT2D eigenvalue weighted by Gasteiger charge is -2.30. The quantitative estimate of drug-likeness (QED) is 0.403. The Hall–Kier alpha value is -0.376. The molecule has 0 radical (unpaired) electrons.